The molecule has 0 saturated carbocycles. The lowest BCUT2D eigenvalue weighted by atomic mass is 10.0. The Kier molecular flexibility index (Phi) is 3.90. The lowest BCUT2D eigenvalue weighted by molar-refractivity contribution is -0.128. The van der Waals surface area contributed by atoms with E-state index in [9.17, 15) is 4.79 Å². The fourth-order valence-corrected chi connectivity index (χ4v) is 2.20. The van der Waals surface area contributed by atoms with Crippen LogP contribution in [0.3, 0.4) is 0 Å². The minimum absolute atomic E-state index is 0.0112. The summed E-state index contributed by atoms with van der Waals surface area (Å²) >= 11 is 0. The Bertz CT molecular complexity index is 497. The molecule has 1 amide bonds. The fraction of sp³-hybridized carbons (Fsp3) is 0.400. The van der Waals surface area contributed by atoms with Gasteiger partial charge in [-0.1, -0.05) is 26.0 Å². The van der Waals surface area contributed by atoms with Crippen LogP contribution in [0.15, 0.2) is 30.9 Å². The standard InChI is InChI=1S/C15H20N2O2/c1-4-7-17-12-6-5-11(9-16)8-13(12)19-14(10(2)3)15(17)18/h4-6,8,10,14H,1,7,9,16H2,2-3H3. The maximum absolute atomic E-state index is 12.4. The second-order valence-electron chi connectivity index (χ2n) is 5.03. The Hall–Kier alpha value is -1.81. The highest BCUT2D eigenvalue weighted by Gasteiger charge is 2.35. The van der Waals surface area contributed by atoms with Crippen molar-refractivity contribution in [3.05, 3.63) is 36.4 Å². The smallest absolute Gasteiger partial charge is 0.268 e. The van der Waals surface area contributed by atoms with Gasteiger partial charge in [-0.3, -0.25) is 4.79 Å². The second-order valence-corrected chi connectivity index (χ2v) is 5.03. The largest absolute Gasteiger partial charge is 0.478 e. The van der Waals surface area contributed by atoms with Crippen LogP contribution in [0.5, 0.6) is 5.75 Å². The monoisotopic (exact) mass is 260 g/mol. The minimum atomic E-state index is -0.444. The van der Waals surface area contributed by atoms with Crippen molar-refractivity contribution in [1.82, 2.24) is 0 Å². The molecule has 0 spiro atoms. The summed E-state index contributed by atoms with van der Waals surface area (Å²) in [6, 6.07) is 5.71. The van der Waals surface area contributed by atoms with E-state index < -0.39 is 6.10 Å². The highest BCUT2D eigenvalue weighted by molar-refractivity contribution is 6.00. The van der Waals surface area contributed by atoms with E-state index in [-0.39, 0.29) is 11.8 Å². The zero-order chi connectivity index (χ0) is 14.0. The van der Waals surface area contributed by atoms with E-state index in [0.29, 0.717) is 13.1 Å². The lowest BCUT2D eigenvalue weighted by Crippen LogP contribution is -2.48. The summed E-state index contributed by atoms with van der Waals surface area (Å²) < 4.78 is 5.84. The lowest BCUT2D eigenvalue weighted by Gasteiger charge is -2.35. The first-order valence-corrected chi connectivity index (χ1v) is 6.50. The maximum atomic E-state index is 12.4. The third kappa shape index (κ3) is 2.49. The van der Waals surface area contributed by atoms with E-state index >= 15 is 0 Å². The van der Waals surface area contributed by atoms with Gasteiger partial charge in [-0.2, -0.15) is 0 Å². The van der Waals surface area contributed by atoms with Gasteiger partial charge >= 0.3 is 0 Å². The summed E-state index contributed by atoms with van der Waals surface area (Å²) in [5.74, 6) is 0.834. The van der Waals surface area contributed by atoms with Crippen molar-refractivity contribution in [2.45, 2.75) is 26.5 Å². The number of carbonyl (C=O) groups is 1. The number of rotatable bonds is 4. The van der Waals surface area contributed by atoms with Gasteiger partial charge in [0.25, 0.3) is 5.91 Å². The molecule has 4 heteroatoms. The minimum Gasteiger partial charge on any atom is -0.478 e. The molecule has 1 heterocycles. The number of nitrogens with zero attached hydrogens (tertiary/aromatic N) is 1. The van der Waals surface area contributed by atoms with E-state index in [1.165, 1.54) is 0 Å². The summed E-state index contributed by atoms with van der Waals surface area (Å²) in [6.45, 7) is 8.61. The molecule has 0 radical (unpaired) electrons. The Morgan fingerprint density at radius 2 is 2.26 bits per heavy atom. The number of benzene rings is 1. The average Bonchev–Trinajstić information content (AvgIpc) is 2.40. The highest BCUT2D eigenvalue weighted by atomic mass is 16.5. The fourth-order valence-electron chi connectivity index (χ4n) is 2.20. The van der Waals surface area contributed by atoms with Crippen molar-refractivity contribution in [3.8, 4) is 5.75 Å². The van der Waals surface area contributed by atoms with Gasteiger partial charge in [0.05, 0.1) is 5.69 Å². The van der Waals surface area contributed by atoms with Gasteiger partial charge in [0, 0.05) is 13.1 Å². The molecular formula is C15H20N2O2. The molecule has 1 aromatic rings. The molecule has 0 aliphatic carbocycles. The van der Waals surface area contributed by atoms with Crippen LogP contribution >= 0.6 is 0 Å². The van der Waals surface area contributed by atoms with Crippen LogP contribution in [-0.2, 0) is 11.3 Å². The molecule has 1 aliphatic heterocycles. The maximum Gasteiger partial charge on any atom is 0.268 e. The van der Waals surface area contributed by atoms with Crippen LogP contribution in [0.4, 0.5) is 5.69 Å². The van der Waals surface area contributed by atoms with E-state index in [4.69, 9.17) is 10.5 Å². The van der Waals surface area contributed by atoms with Gasteiger partial charge in [0.2, 0.25) is 0 Å². The van der Waals surface area contributed by atoms with E-state index in [0.717, 1.165) is 17.0 Å². The first kappa shape index (κ1) is 13.6. The van der Waals surface area contributed by atoms with Crippen molar-refractivity contribution in [2.24, 2.45) is 11.7 Å². The molecule has 4 nitrogen and oxygen atoms in total. The molecule has 102 valence electrons. The van der Waals surface area contributed by atoms with Crippen molar-refractivity contribution in [1.29, 1.82) is 0 Å². The summed E-state index contributed by atoms with van der Waals surface area (Å²) in [5.41, 5.74) is 7.43. The molecule has 1 atom stereocenters. The SMILES string of the molecule is C=CCN1C(=O)C(C(C)C)Oc2cc(CN)ccc21. The molecule has 19 heavy (non-hydrogen) atoms. The molecule has 0 bridgehead atoms. The van der Waals surface area contributed by atoms with Gasteiger partial charge in [0.15, 0.2) is 6.10 Å². The molecule has 1 aromatic carbocycles. The van der Waals surface area contributed by atoms with Crippen molar-refractivity contribution < 1.29 is 9.53 Å². The number of anilines is 1. The van der Waals surface area contributed by atoms with Crippen molar-refractivity contribution in [3.63, 3.8) is 0 Å². The Morgan fingerprint density at radius 1 is 1.53 bits per heavy atom. The van der Waals surface area contributed by atoms with Gasteiger partial charge in [-0.05, 0) is 23.6 Å². The summed E-state index contributed by atoms with van der Waals surface area (Å²) in [5, 5.41) is 0. The highest BCUT2D eigenvalue weighted by Crippen LogP contribution is 2.36. The zero-order valence-electron chi connectivity index (χ0n) is 11.4. The van der Waals surface area contributed by atoms with Crippen LogP contribution in [-0.4, -0.2) is 18.6 Å². The Morgan fingerprint density at radius 3 is 2.84 bits per heavy atom. The van der Waals surface area contributed by atoms with Gasteiger partial charge in [-0.25, -0.2) is 0 Å². The molecule has 2 rings (SSSR count). The van der Waals surface area contributed by atoms with Crippen LogP contribution in [0.1, 0.15) is 19.4 Å². The quantitative estimate of drug-likeness (QED) is 0.843. The molecule has 1 unspecified atom stereocenters. The molecule has 0 fully saturated rings. The Labute approximate surface area is 113 Å². The van der Waals surface area contributed by atoms with Crippen LogP contribution in [0.25, 0.3) is 0 Å². The zero-order valence-corrected chi connectivity index (χ0v) is 11.4. The second kappa shape index (κ2) is 5.45. The third-order valence-electron chi connectivity index (χ3n) is 3.23. The van der Waals surface area contributed by atoms with Crippen LogP contribution < -0.4 is 15.4 Å². The number of hydrogen-bond acceptors (Lipinski definition) is 3. The molecule has 2 N–H and O–H groups in total. The first-order chi connectivity index (χ1) is 9.08. The number of amides is 1. The van der Waals surface area contributed by atoms with Gasteiger partial charge in [-0.15, -0.1) is 6.58 Å². The molecule has 0 saturated heterocycles. The van der Waals surface area contributed by atoms with Crippen LogP contribution in [0, 0.1) is 5.92 Å². The van der Waals surface area contributed by atoms with E-state index in [1.807, 2.05) is 32.0 Å². The average molecular weight is 260 g/mol. The molecule has 1 aliphatic rings. The van der Waals surface area contributed by atoms with Crippen molar-refractivity contribution >= 4 is 11.6 Å². The summed E-state index contributed by atoms with van der Waals surface area (Å²) in [4.78, 5) is 14.1. The third-order valence-corrected chi connectivity index (χ3v) is 3.23. The van der Waals surface area contributed by atoms with E-state index in [1.54, 1.807) is 11.0 Å². The summed E-state index contributed by atoms with van der Waals surface area (Å²) in [7, 11) is 0. The van der Waals surface area contributed by atoms with Crippen molar-refractivity contribution in [2.75, 3.05) is 11.4 Å². The van der Waals surface area contributed by atoms with Crippen LogP contribution in [0.2, 0.25) is 0 Å². The predicted molar refractivity (Wildman–Crippen MR) is 76.1 cm³/mol. The normalized spacial score (nSPS) is 18.2. The van der Waals surface area contributed by atoms with Gasteiger partial charge in [0.1, 0.15) is 5.75 Å². The number of ether oxygens (including phenoxy) is 1. The number of carbonyl (C=O) groups excluding carboxylic acids is 1. The first-order valence-electron chi connectivity index (χ1n) is 6.50. The number of fused-ring (bicyclic) bond motifs is 1. The number of hydrogen-bond donors (Lipinski definition) is 1. The predicted octanol–water partition coefficient (Wildman–Crippen LogP) is 2.08. The molecule has 0 aromatic heterocycles. The topological polar surface area (TPSA) is 55.6 Å². The van der Waals surface area contributed by atoms with E-state index in [2.05, 4.69) is 6.58 Å². The summed E-state index contributed by atoms with van der Waals surface area (Å²) in [6.07, 6.45) is 1.28. The number of nitrogens with two attached hydrogens (primary N) is 1. The Balaban J connectivity index is 2.45. The van der Waals surface area contributed by atoms with Gasteiger partial charge < -0.3 is 15.4 Å². The molecular weight excluding hydrogens is 240 g/mol.